The van der Waals surface area contributed by atoms with Crippen LogP contribution in [0.15, 0.2) is 52.7 Å². The monoisotopic (exact) mass is 349 g/mol. The fourth-order valence-corrected chi connectivity index (χ4v) is 3.39. The van der Waals surface area contributed by atoms with Crippen molar-refractivity contribution in [1.82, 2.24) is 23.1 Å². The summed E-state index contributed by atoms with van der Waals surface area (Å²) in [5.74, 6) is 0.603. The molecule has 0 amide bonds. The van der Waals surface area contributed by atoms with Gasteiger partial charge in [-0.05, 0) is 31.5 Å². The Morgan fingerprint density at radius 3 is 2.69 bits per heavy atom. The fourth-order valence-electron chi connectivity index (χ4n) is 3.39. The number of nitrogens with zero attached hydrogens (tertiary/aromatic N) is 5. The standard InChI is InChI=1S/C19H19N5O2/c1-5-9-22-17(25)15-16(21(4)19(22)26)20-18-23(15)11-13(3)24(18)14-8-6-7-12(2)10-14/h5-8,10-11H,1,9H2,2-4H3. The maximum absolute atomic E-state index is 12.9. The molecule has 0 unspecified atom stereocenters. The van der Waals surface area contributed by atoms with Gasteiger partial charge in [-0.3, -0.25) is 22.9 Å². The molecule has 7 heteroatoms. The molecule has 7 nitrogen and oxygen atoms in total. The second kappa shape index (κ2) is 5.59. The van der Waals surface area contributed by atoms with E-state index in [0.717, 1.165) is 16.9 Å². The molecule has 0 saturated carbocycles. The van der Waals surface area contributed by atoms with Crippen LogP contribution in [0.3, 0.4) is 0 Å². The van der Waals surface area contributed by atoms with Crippen molar-refractivity contribution >= 4 is 16.9 Å². The molecule has 0 bridgehead atoms. The predicted molar refractivity (Wildman–Crippen MR) is 101 cm³/mol. The first-order chi connectivity index (χ1) is 12.4. The Morgan fingerprint density at radius 1 is 1.23 bits per heavy atom. The van der Waals surface area contributed by atoms with Gasteiger partial charge in [-0.15, -0.1) is 6.58 Å². The van der Waals surface area contributed by atoms with Crippen LogP contribution < -0.4 is 11.2 Å². The average Bonchev–Trinajstić information content (AvgIpc) is 3.11. The van der Waals surface area contributed by atoms with Crippen LogP contribution in [-0.4, -0.2) is 23.1 Å². The van der Waals surface area contributed by atoms with E-state index >= 15 is 0 Å². The molecule has 0 saturated heterocycles. The van der Waals surface area contributed by atoms with E-state index in [0.29, 0.717) is 16.9 Å². The van der Waals surface area contributed by atoms with E-state index in [2.05, 4.69) is 17.6 Å². The number of allylic oxidation sites excluding steroid dienone is 1. The summed E-state index contributed by atoms with van der Waals surface area (Å²) in [7, 11) is 1.62. The third-order valence-electron chi connectivity index (χ3n) is 4.60. The minimum Gasteiger partial charge on any atom is -0.283 e. The van der Waals surface area contributed by atoms with Gasteiger partial charge in [0.05, 0.1) is 0 Å². The van der Waals surface area contributed by atoms with Crippen LogP contribution in [0, 0.1) is 13.8 Å². The van der Waals surface area contributed by atoms with Crippen molar-refractivity contribution in [1.29, 1.82) is 0 Å². The number of imidazole rings is 2. The van der Waals surface area contributed by atoms with Gasteiger partial charge in [-0.25, -0.2) is 4.79 Å². The second-order valence-electron chi connectivity index (χ2n) is 6.44. The van der Waals surface area contributed by atoms with Gasteiger partial charge in [0.1, 0.15) is 0 Å². The first-order valence-electron chi connectivity index (χ1n) is 8.32. The van der Waals surface area contributed by atoms with Gasteiger partial charge in [0.2, 0.25) is 5.78 Å². The van der Waals surface area contributed by atoms with Crippen molar-refractivity contribution in [3.63, 3.8) is 0 Å². The summed E-state index contributed by atoms with van der Waals surface area (Å²) in [6, 6.07) is 8.06. The Bertz CT molecular complexity index is 1300. The molecule has 3 heterocycles. The summed E-state index contributed by atoms with van der Waals surface area (Å²) in [5, 5.41) is 0. The van der Waals surface area contributed by atoms with E-state index in [-0.39, 0.29) is 12.1 Å². The molecule has 0 aliphatic carbocycles. The highest BCUT2D eigenvalue weighted by Gasteiger charge is 2.20. The molecule has 3 aromatic heterocycles. The summed E-state index contributed by atoms with van der Waals surface area (Å²) in [4.78, 5) is 30.0. The highest BCUT2D eigenvalue weighted by atomic mass is 16.2. The van der Waals surface area contributed by atoms with E-state index in [1.165, 1.54) is 15.2 Å². The maximum Gasteiger partial charge on any atom is 0.332 e. The molecular weight excluding hydrogens is 330 g/mol. The van der Waals surface area contributed by atoms with Gasteiger partial charge in [0.15, 0.2) is 11.2 Å². The zero-order chi connectivity index (χ0) is 18.6. The highest BCUT2D eigenvalue weighted by molar-refractivity contribution is 5.76. The number of aryl methyl sites for hydroxylation is 3. The minimum atomic E-state index is -0.401. The Morgan fingerprint density at radius 2 is 2.00 bits per heavy atom. The first kappa shape index (κ1) is 16.1. The summed E-state index contributed by atoms with van der Waals surface area (Å²) in [6.07, 6.45) is 3.41. The molecule has 4 aromatic rings. The normalized spacial score (nSPS) is 11.5. The van der Waals surface area contributed by atoms with Crippen LogP contribution in [0.25, 0.3) is 22.6 Å². The Balaban J connectivity index is 2.17. The van der Waals surface area contributed by atoms with Gasteiger partial charge in [-0.1, -0.05) is 18.2 Å². The lowest BCUT2D eigenvalue weighted by Crippen LogP contribution is -2.39. The molecule has 1 aromatic carbocycles. The smallest absolute Gasteiger partial charge is 0.283 e. The van der Waals surface area contributed by atoms with Gasteiger partial charge >= 0.3 is 5.69 Å². The van der Waals surface area contributed by atoms with Crippen LogP contribution in [0.2, 0.25) is 0 Å². The van der Waals surface area contributed by atoms with E-state index in [4.69, 9.17) is 0 Å². The number of hydrogen-bond donors (Lipinski definition) is 0. The van der Waals surface area contributed by atoms with Crippen molar-refractivity contribution in [2.24, 2.45) is 7.05 Å². The van der Waals surface area contributed by atoms with E-state index in [9.17, 15) is 9.59 Å². The number of rotatable bonds is 3. The first-order valence-corrected chi connectivity index (χ1v) is 8.32. The van der Waals surface area contributed by atoms with Crippen molar-refractivity contribution in [3.05, 3.63) is 75.2 Å². The Labute approximate surface area is 149 Å². The highest BCUT2D eigenvalue weighted by Crippen LogP contribution is 2.21. The topological polar surface area (TPSA) is 66.2 Å². The molecule has 0 N–H and O–H groups in total. The van der Waals surface area contributed by atoms with Gasteiger partial charge in [-0.2, -0.15) is 4.98 Å². The second-order valence-corrected chi connectivity index (χ2v) is 6.44. The number of hydrogen-bond acceptors (Lipinski definition) is 3. The Hall–Kier alpha value is -3.35. The number of benzene rings is 1. The minimum absolute atomic E-state index is 0.159. The van der Waals surface area contributed by atoms with Crippen LogP contribution in [0.1, 0.15) is 11.3 Å². The zero-order valence-electron chi connectivity index (χ0n) is 14.9. The van der Waals surface area contributed by atoms with Crippen LogP contribution in [0.5, 0.6) is 0 Å². The molecule has 0 spiro atoms. The maximum atomic E-state index is 12.9. The van der Waals surface area contributed by atoms with Crippen molar-refractivity contribution in [2.45, 2.75) is 20.4 Å². The van der Waals surface area contributed by atoms with E-state index in [1.54, 1.807) is 11.4 Å². The average molecular weight is 349 g/mol. The number of aromatic nitrogens is 5. The molecule has 0 aliphatic rings. The largest absolute Gasteiger partial charge is 0.332 e. The summed E-state index contributed by atoms with van der Waals surface area (Å²) < 4.78 is 6.31. The predicted octanol–water partition coefficient (Wildman–Crippen LogP) is 1.94. The lowest BCUT2D eigenvalue weighted by Gasteiger charge is -2.06. The van der Waals surface area contributed by atoms with E-state index in [1.807, 2.05) is 42.8 Å². The quantitative estimate of drug-likeness (QED) is 0.531. The van der Waals surface area contributed by atoms with Gasteiger partial charge in [0, 0.05) is 31.2 Å². The summed E-state index contributed by atoms with van der Waals surface area (Å²) in [6.45, 7) is 7.78. The van der Waals surface area contributed by atoms with Crippen molar-refractivity contribution in [3.8, 4) is 5.69 Å². The van der Waals surface area contributed by atoms with Crippen LogP contribution >= 0.6 is 0 Å². The molecule has 0 fully saturated rings. The van der Waals surface area contributed by atoms with Gasteiger partial charge in [0.25, 0.3) is 5.56 Å². The summed E-state index contributed by atoms with van der Waals surface area (Å²) in [5.41, 5.74) is 3.03. The van der Waals surface area contributed by atoms with Gasteiger partial charge < -0.3 is 0 Å². The molecule has 26 heavy (non-hydrogen) atoms. The lowest BCUT2D eigenvalue weighted by atomic mass is 10.2. The van der Waals surface area contributed by atoms with E-state index < -0.39 is 5.69 Å². The molecule has 132 valence electrons. The summed E-state index contributed by atoms with van der Waals surface area (Å²) >= 11 is 0. The van der Waals surface area contributed by atoms with Crippen molar-refractivity contribution in [2.75, 3.05) is 0 Å². The SMILES string of the molecule is C=CCn1c(=O)c2c(nc3n(-c4cccc(C)c4)c(C)cn23)n(C)c1=O. The third-order valence-corrected chi connectivity index (χ3v) is 4.60. The third kappa shape index (κ3) is 2.10. The van der Waals surface area contributed by atoms with Crippen molar-refractivity contribution < 1.29 is 0 Å². The molecular formula is C19H19N5O2. The molecule has 0 radical (unpaired) electrons. The zero-order valence-corrected chi connectivity index (χ0v) is 14.9. The lowest BCUT2D eigenvalue weighted by molar-refractivity contribution is 0.667. The molecule has 4 rings (SSSR count). The molecule has 0 aliphatic heterocycles. The molecule has 0 atom stereocenters. The Kier molecular flexibility index (Phi) is 3.47. The number of fused-ring (bicyclic) bond motifs is 3. The van der Waals surface area contributed by atoms with Crippen LogP contribution in [0.4, 0.5) is 0 Å². The fraction of sp³-hybridized carbons (Fsp3) is 0.211. The van der Waals surface area contributed by atoms with Crippen LogP contribution in [-0.2, 0) is 13.6 Å².